The van der Waals surface area contributed by atoms with E-state index in [1.807, 2.05) is 47.6 Å². The predicted octanol–water partition coefficient (Wildman–Crippen LogP) is 3.47. The summed E-state index contributed by atoms with van der Waals surface area (Å²) in [5.74, 6) is 0.0867. The van der Waals surface area contributed by atoms with Crippen LogP contribution < -0.4 is 0 Å². The first-order valence-electron chi connectivity index (χ1n) is 11.8. The first-order chi connectivity index (χ1) is 16.5. The van der Waals surface area contributed by atoms with Gasteiger partial charge in [0, 0.05) is 56.1 Å². The molecule has 8 heteroatoms. The highest BCUT2D eigenvalue weighted by Gasteiger charge is 2.39. The standard InChI is InChI=1S/C26H27N5O2S/c1-30-11-13-31(14-12-30)24(32)18-5-3-17(4-6-18)20-15-21-19(7-10-27-21)23(29-20)22-16-28-25(34-22)26(33)8-2-9-26/h3-7,10,16,33H,2,8-9,11-15H2,1H3. The lowest BCUT2D eigenvalue weighted by atomic mass is 9.81. The molecule has 0 atom stereocenters. The molecule has 1 saturated carbocycles. The summed E-state index contributed by atoms with van der Waals surface area (Å²) in [6, 6.07) is 7.79. The van der Waals surface area contributed by atoms with Crippen molar-refractivity contribution in [2.24, 2.45) is 9.98 Å². The van der Waals surface area contributed by atoms with E-state index in [0.717, 1.165) is 83.6 Å². The first kappa shape index (κ1) is 21.6. The zero-order valence-electron chi connectivity index (χ0n) is 19.2. The summed E-state index contributed by atoms with van der Waals surface area (Å²) < 4.78 is 0. The number of carbonyl (C=O) groups excluding carboxylic acids is 1. The van der Waals surface area contributed by atoms with Crippen LogP contribution in [0, 0.1) is 0 Å². The summed E-state index contributed by atoms with van der Waals surface area (Å²) in [5.41, 5.74) is 4.74. The van der Waals surface area contributed by atoms with E-state index in [2.05, 4.69) is 21.9 Å². The maximum absolute atomic E-state index is 12.9. The molecule has 7 nitrogen and oxygen atoms in total. The quantitative estimate of drug-likeness (QED) is 0.737. The number of likely N-dealkylation sites (N-methyl/N-ethyl adjacent to an activating group) is 1. The Labute approximate surface area is 202 Å². The molecule has 6 rings (SSSR count). The lowest BCUT2D eigenvalue weighted by molar-refractivity contribution is -0.0389. The fraction of sp³-hybridized carbons (Fsp3) is 0.385. The van der Waals surface area contributed by atoms with Crippen molar-refractivity contribution >= 4 is 34.4 Å². The van der Waals surface area contributed by atoms with Crippen molar-refractivity contribution in [3.63, 3.8) is 0 Å². The highest BCUT2D eigenvalue weighted by molar-refractivity contribution is 7.12. The number of aromatic nitrogens is 1. The molecule has 1 saturated heterocycles. The van der Waals surface area contributed by atoms with Gasteiger partial charge < -0.3 is 14.9 Å². The predicted molar refractivity (Wildman–Crippen MR) is 134 cm³/mol. The summed E-state index contributed by atoms with van der Waals surface area (Å²) in [6.07, 6.45) is 8.87. The van der Waals surface area contributed by atoms with E-state index in [1.165, 1.54) is 11.3 Å². The van der Waals surface area contributed by atoms with E-state index in [-0.39, 0.29) is 5.91 Å². The molecule has 0 unspecified atom stereocenters. The van der Waals surface area contributed by atoms with Gasteiger partial charge in [-0.2, -0.15) is 0 Å². The average molecular weight is 474 g/mol. The second-order valence-corrected chi connectivity index (χ2v) is 10.5. The Morgan fingerprint density at radius 2 is 1.85 bits per heavy atom. The van der Waals surface area contributed by atoms with Gasteiger partial charge in [0.15, 0.2) is 0 Å². The molecule has 0 bridgehead atoms. The SMILES string of the molecule is CN1CCN(C(=O)c2ccc(C3=NC(c4cnc(C5(O)CCC5)s4)=C4C=CN=C4C3)cc2)CC1. The molecule has 2 aromatic rings. The molecule has 1 aromatic carbocycles. The Hall–Kier alpha value is -2.94. The Kier molecular flexibility index (Phi) is 5.32. The summed E-state index contributed by atoms with van der Waals surface area (Å²) in [4.78, 5) is 32.2. The van der Waals surface area contributed by atoms with Crippen LogP contribution in [0.15, 0.2) is 58.3 Å². The number of thiazole rings is 1. The third-order valence-electron chi connectivity index (χ3n) is 7.19. The zero-order valence-corrected chi connectivity index (χ0v) is 20.0. The normalized spacial score (nSPS) is 21.8. The number of hydrogen-bond donors (Lipinski definition) is 1. The van der Waals surface area contributed by atoms with E-state index in [9.17, 15) is 9.90 Å². The number of aliphatic imine (C=N–C) groups is 2. The van der Waals surface area contributed by atoms with Gasteiger partial charge in [-0.25, -0.2) is 4.98 Å². The van der Waals surface area contributed by atoms with Crippen molar-refractivity contribution in [3.8, 4) is 0 Å². The third-order valence-corrected chi connectivity index (χ3v) is 8.39. The minimum atomic E-state index is -0.774. The largest absolute Gasteiger partial charge is 0.383 e. The molecule has 1 N–H and O–H groups in total. The van der Waals surface area contributed by atoms with Crippen molar-refractivity contribution in [1.82, 2.24) is 14.8 Å². The zero-order chi connectivity index (χ0) is 23.3. The lowest BCUT2D eigenvalue weighted by Crippen LogP contribution is -2.47. The van der Waals surface area contributed by atoms with Crippen LogP contribution in [-0.2, 0) is 5.60 Å². The van der Waals surface area contributed by atoms with Crippen molar-refractivity contribution in [3.05, 3.63) is 69.3 Å². The molecule has 3 aliphatic heterocycles. The third kappa shape index (κ3) is 3.76. The van der Waals surface area contributed by atoms with Crippen LogP contribution in [0.2, 0.25) is 0 Å². The Morgan fingerprint density at radius 1 is 1.09 bits per heavy atom. The molecule has 4 heterocycles. The molecule has 1 amide bonds. The highest BCUT2D eigenvalue weighted by Crippen LogP contribution is 2.44. The van der Waals surface area contributed by atoms with E-state index in [1.54, 1.807) is 0 Å². The molecule has 0 spiro atoms. The van der Waals surface area contributed by atoms with Crippen molar-refractivity contribution < 1.29 is 9.90 Å². The van der Waals surface area contributed by atoms with Crippen molar-refractivity contribution in [1.29, 1.82) is 0 Å². The van der Waals surface area contributed by atoms with Crippen molar-refractivity contribution in [2.45, 2.75) is 31.3 Å². The fourth-order valence-corrected chi connectivity index (χ4v) is 5.86. The maximum atomic E-state index is 12.9. The van der Waals surface area contributed by atoms with Gasteiger partial charge in [-0.15, -0.1) is 11.3 Å². The Bertz CT molecular complexity index is 1260. The molecule has 1 aliphatic carbocycles. The number of hydrogen-bond acceptors (Lipinski definition) is 7. The molecule has 1 aromatic heterocycles. The van der Waals surface area contributed by atoms with Crippen molar-refractivity contribution in [2.75, 3.05) is 33.2 Å². The van der Waals surface area contributed by atoms with Gasteiger partial charge in [0.25, 0.3) is 5.91 Å². The second kappa shape index (κ2) is 8.37. The van der Waals surface area contributed by atoms with E-state index in [4.69, 9.17) is 4.99 Å². The second-order valence-electron chi connectivity index (χ2n) is 9.48. The fourth-order valence-electron chi connectivity index (χ4n) is 4.79. The number of aliphatic hydroxyl groups is 1. The number of benzene rings is 1. The van der Waals surface area contributed by atoms with Crippen LogP contribution in [0.4, 0.5) is 0 Å². The van der Waals surface area contributed by atoms with E-state index in [0.29, 0.717) is 12.0 Å². The molecular weight excluding hydrogens is 446 g/mol. The topological polar surface area (TPSA) is 81.4 Å². The van der Waals surface area contributed by atoms with Crippen LogP contribution in [0.25, 0.3) is 5.70 Å². The van der Waals surface area contributed by atoms with Gasteiger partial charge >= 0.3 is 0 Å². The molecule has 4 aliphatic rings. The van der Waals surface area contributed by atoms with Crippen LogP contribution in [0.3, 0.4) is 0 Å². The number of piperazine rings is 1. The summed E-state index contributed by atoms with van der Waals surface area (Å²) in [5, 5.41) is 11.5. The van der Waals surface area contributed by atoms with Crippen LogP contribution in [0.1, 0.15) is 51.5 Å². The monoisotopic (exact) mass is 473 g/mol. The molecular formula is C26H27N5O2S. The minimum Gasteiger partial charge on any atom is -0.383 e. The van der Waals surface area contributed by atoms with E-state index >= 15 is 0 Å². The summed E-state index contributed by atoms with van der Waals surface area (Å²) in [6.45, 7) is 3.34. The van der Waals surface area contributed by atoms with Gasteiger partial charge in [0.1, 0.15) is 10.6 Å². The number of fused-ring (bicyclic) bond motifs is 1. The summed E-state index contributed by atoms with van der Waals surface area (Å²) in [7, 11) is 2.09. The van der Waals surface area contributed by atoms with Gasteiger partial charge in [-0.1, -0.05) is 12.1 Å². The Balaban J connectivity index is 1.27. The number of allylic oxidation sites excluding steroid dienone is 2. The van der Waals surface area contributed by atoms with E-state index < -0.39 is 5.60 Å². The highest BCUT2D eigenvalue weighted by atomic mass is 32.1. The van der Waals surface area contributed by atoms with Gasteiger partial charge in [0.05, 0.1) is 22.0 Å². The van der Waals surface area contributed by atoms with Gasteiger partial charge in [0.2, 0.25) is 0 Å². The number of carbonyl (C=O) groups is 1. The molecule has 174 valence electrons. The van der Waals surface area contributed by atoms with Crippen LogP contribution in [0.5, 0.6) is 0 Å². The minimum absolute atomic E-state index is 0.0867. The average Bonchev–Trinajstić information content (AvgIpc) is 3.52. The van der Waals surface area contributed by atoms with Gasteiger partial charge in [-0.05, 0) is 50.1 Å². The first-order valence-corrected chi connectivity index (χ1v) is 12.6. The summed E-state index contributed by atoms with van der Waals surface area (Å²) >= 11 is 1.52. The number of rotatable bonds is 4. The molecule has 0 radical (unpaired) electrons. The molecule has 2 fully saturated rings. The Morgan fingerprint density at radius 3 is 2.56 bits per heavy atom. The van der Waals surface area contributed by atoms with Crippen LogP contribution in [-0.4, -0.2) is 70.4 Å². The number of nitrogens with zero attached hydrogens (tertiary/aromatic N) is 5. The van der Waals surface area contributed by atoms with Crippen LogP contribution >= 0.6 is 11.3 Å². The van der Waals surface area contributed by atoms with Gasteiger partial charge in [-0.3, -0.25) is 14.8 Å². The maximum Gasteiger partial charge on any atom is 0.253 e. The number of amides is 1. The smallest absolute Gasteiger partial charge is 0.253 e. The lowest BCUT2D eigenvalue weighted by Gasteiger charge is -2.34. The molecule has 34 heavy (non-hydrogen) atoms.